The maximum Gasteiger partial charge on any atom is 0.243 e. The Kier molecular flexibility index (Phi) is 8.24. The van der Waals surface area contributed by atoms with E-state index in [9.17, 15) is 13.2 Å². The van der Waals surface area contributed by atoms with Gasteiger partial charge in [-0.3, -0.25) is 9.69 Å². The molecule has 0 aliphatic carbocycles. The van der Waals surface area contributed by atoms with Crippen molar-refractivity contribution in [2.24, 2.45) is 5.92 Å². The van der Waals surface area contributed by atoms with Crippen LogP contribution in [-0.2, 0) is 27.9 Å². The molecule has 0 aromatic heterocycles. The van der Waals surface area contributed by atoms with Crippen LogP contribution in [0.1, 0.15) is 43.2 Å². The molecular weight excluding hydrogens is 450 g/mol. The van der Waals surface area contributed by atoms with Crippen molar-refractivity contribution in [1.29, 1.82) is 0 Å². The molecule has 1 N–H and O–H groups in total. The van der Waals surface area contributed by atoms with E-state index in [2.05, 4.69) is 34.5 Å². The van der Waals surface area contributed by atoms with Crippen LogP contribution in [0.5, 0.6) is 5.75 Å². The van der Waals surface area contributed by atoms with Crippen molar-refractivity contribution in [2.75, 3.05) is 33.3 Å². The Morgan fingerprint density at radius 2 is 1.62 bits per heavy atom. The van der Waals surface area contributed by atoms with Gasteiger partial charge in [0, 0.05) is 26.2 Å². The Hall–Kier alpha value is -2.42. The summed E-state index contributed by atoms with van der Waals surface area (Å²) in [6.07, 6.45) is 5.25. The van der Waals surface area contributed by atoms with Gasteiger partial charge in [-0.2, -0.15) is 4.31 Å². The highest BCUT2D eigenvalue weighted by Gasteiger charge is 2.33. The molecule has 2 aliphatic heterocycles. The lowest BCUT2D eigenvalue weighted by Crippen LogP contribution is -2.45. The number of nitrogens with one attached hydrogen (secondary N) is 1. The Labute approximate surface area is 203 Å². The molecule has 2 aromatic carbocycles. The third-order valence-corrected chi connectivity index (χ3v) is 8.68. The fourth-order valence-electron chi connectivity index (χ4n) is 4.74. The normalized spacial score (nSPS) is 20.1. The summed E-state index contributed by atoms with van der Waals surface area (Å²) < 4.78 is 32.7. The van der Waals surface area contributed by atoms with Gasteiger partial charge in [-0.15, -0.1) is 0 Å². The summed E-state index contributed by atoms with van der Waals surface area (Å²) in [4.78, 5) is 15.6. The summed E-state index contributed by atoms with van der Waals surface area (Å²) in [7, 11) is -2.10. The molecule has 8 heteroatoms. The second kappa shape index (κ2) is 11.3. The van der Waals surface area contributed by atoms with E-state index in [0.29, 0.717) is 31.7 Å². The third kappa shape index (κ3) is 6.17. The number of hydrogen-bond acceptors (Lipinski definition) is 5. The minimum atomic E-state index is -3.64. The van der Waals surface area contributed by atoms with E-state index in [-0.39, 0.29) is 23.3 Å². The van der Waals surface area contributed by atoms with E-state index in [0.717, 1.165) is 12.1 Å². The molecule has 2 aliphatic rings. The molecule has 4 rings (SSSR count). The lowest BCUT2D eigenvalue weighted by atomic mass is 9.98. The van der Waals surface area contributed by atoms with Crippen LogP contribution in [0.25, 0.3) is 0 Å². The molecule has 2 heterocycles. The van der Waals surface area contributed by atoms with E-state index in [1.165, 1.54) is 42.2 Å². The maximum atomic E-state index is 13.1. The molecule has 0 saturated carbocycles. The molecule has 0 unspecified atom stereocenters. The van der Waals surface area contributed by atoms with Crippen LogP contribution in [0, 0.1) is 5.92 Å². The fourth-order valence-corrected chi connectivity index (χ4v) is 6.27. The second-order valence-corrected chi connectivity index (χ2v) is 11.2. The van der Waals surface area contributed by atoms with Crippen molar-refractivity contribution in [3.8, 4) is 5.75 Å². The molecule has 184 valence electrons. The predicted octanol–water partition coefficient (Wildman–Crippen LogP) is 3.40. The first kappa shape index (κ1) is 24.7. The molecule has 7 nitrogen and oxygen atoms in total. The van der Waals surface area contributed by atoms with Gasteiger partial charge in [-0.1, -0.05) is 30.7 Å². The summed E-state index contributed by atoms with van der Waals surface area (Å²) in [5.41, 5.74) is 2.35. The minimum Gasteiger partial charge on any atom is -0.497 e. The largest absolute Gasteiger partial charge is 0.497 e. The van der Waals surface area contributed by atoms with Crippen molar-refractivity contribution >= 4 is 15.9 Å². The van der Waals surface area contributed by atoms with Gasteiger partial charge in [-0.05, 0) is 74.2 Å². The molecule has 34 heavy (non-hydrogen) atoms. The molecular formula is C26H35N3O4S. The summed E-state index contributed by atoms with van der Waals surface area (Å²) in [5.74, 6) is 0.168. The number of sulfonamides is 1. The minimum absolute atomic E-state index is 0.0907. The van der Waals surface area contributed by atoms with Gasteiger partial charge >= 0.3 is 0 Å². The molecule has 2 aromatic rings. The Balaban J connectivity index is 1.29. The number of hydrogen-bond donors (Lipinski definition) is 1. The molecule has 0 bridgehead atoms. The number of rotatable bonds is 8. The Morgan fingerprint density at radius 3 is 2.29 bits per heavy atom. The van der Waals surface area contributed by atoms with Crippen LogP contribution in [0.2, 0.25) is 0 Å². The maximum absolute atomic E-state index is 13.1. The first-order valence-corrected chi connectivity index (χ1v) is 13.6. The van der Waals surface area contributed by atoms with E-state index in [4.69, 9.17) is 4.74 Å². The topological polar surface area (TPSA) is 79.0 Å². The number of piperidine rings is 2. The zero-order chi connectivity index (χ0) is 24.0. The van der Waals surface area contributed by atoms with Crippen LogP contribution >= 0.6 is 0 Å². The van der Waals surface area contributed by atoms with E-state index in [1.54, 1.807) is 31.4 Å². The average molecular weight is 486 g/mol. The van der Waals surface area contributed by atoms with E-state index >= 15 is 0 Å². The van der Waals surface area contributed by atoms with Gasteiger partial charge in [0.25, 0.3) is 0 Å². The van der Waals surface area contributed by atoms with Crippen molar-refractivity contribution < 1.29 is 17.9 Å². The number of carbonyl (C=O) groups is 1. The first-order chi connectivity index (χ1) is 16.5. The van der Waals surface area contributed by atoms with Crippen LogP contribution < -0.4 is 10.1 Å². The molecule has 0 radical (unpaired) electrons. The second-order valence-electron chi connectivity index (χ2n) is 9.25. The molecule has 1 amide bonds. The van der Waals surface area contributed by atoms with Crippen molar-refractivity contribution in [3.63, 3.8) is 0 Å². The smallest absolute Gasteiger partial charge is 0.243 e. The SMILES string of the molecule is COc1ccc(S(=O)(=O)N2CCC[C@H](C(=O)NCc3ccc(CN4CCCCC4)cc3)C2)cc1. The monoisotopic (exact) mass is 485 g/mol. The Bertz CT molecular complexity index is 1050. The van der Waals surface area contributed by atoms with Crippen LogP contribution in [-0.4, -0.2) is 56.8 Å². The third-order valence-electron chi connectivity index (χ3n) is 6.80. The predicted molar refractivity (Wildman–Crippen MR) is 132 cm³/mol. The number of carbonyl (C=O) groups excluding carboxylic acids is 1. The average Bonchev–Trinajstić information content (AvgIpc) is 2.89. The quantitative estimate of drug-likeness (QED) is 0.620. The molecule has 2 fully saturated rings. The number of amides is 1. The van der Waals surface area contributed by atoms with E-state index < -0.39 is 10.0 Å². The van der Waals surface area contributed by atoms with Crippen LogP contribution in [0.3, 0.4) is 0 Å². The van der Waals surface area contributed by atoms with Gasteiger partial charge in [0.1, 0.15) is 5.75 Å². The summed E-state index contributed by atoms with van der Waals surface area (Å²) in [5, 5.41) is 3.01. The number of ether oxygens (including phenoxy) is 1. The van der Waals surface area contributed by atoms with Gasteiger partial charge in [-0.25, -0.2) is 8.42 Å². The van der Waals surface area contributed by atoms with E-state index in [1.807, 2.05) is 0 Å². The van der Waals surface area contributed by atoms with Crippen LogP contribution in [0.4, 0.5) is 0 Å². The number of likely N-dealkylation sites (tertiary alicyclic amines) is 1. The Morgan fingerprint density at radius 1 is 0.941 bits per heavy atom. The lowest BCUT2D eigenvalue weighted by Gasteiger charge is -2.31. The number of nitrogens with zero attached hydrogens (tertiary/aromatic N) is 2. The van der Waals surface area contributed by atoms with Gasteiger partial charge < -0.3 is 10.1 Å². The van der Waals surface area contributed by atoms with Gasteiger partial charge in [0.05, 0.1) is 17.9 Å². The summed E-state index contributed by atoms with van der Waals surface area (Å²) in [6, 6.07) is 14.8. The van der Waals surface area contributed by atoms with Crippen LogP contribution in [0.15, 0.2) is 53.4 Å². The molecule has 1 atom stereocenters. The zero-order valence-corrected chi connectivity index (χ0v) is 20.7. The highest BCUT2D eigenvalue weighted by Crippen LogP contribution is 2.25. The molecule has 2 saturated heterocycles. The summed E-state index contributed by atoms with van der Waals surface area (Å²) >= 11 is 0. The standard InChI is InChI=1S/C26H35N3O4S/c1-33-24-11-13-25(14-12-24)34(31,32)29-17-5-6-23(20-29)26(30)27-18-21-7-9-22(10-8-21)19-28-15-3-2-4-16-28/h7-14,23H,2-6,15-20H2,1H3,(H,27,30)/t23-/m0/s1. The number of benzene rings is 2. The highest BCUT2D eigenvalue weighted by molar-refractivity contribution is 7.89. The van der Waals surface area contributed by atoms with Gasteiger partial charge in [0.2, 0.25) is 15.9 Å². The summed E-state index contributed by atoms with van der Waals surface area (Å²) in [6.45, 7) is 4.40. The van der Waals surface area contributed by atoms with Gasteiger partial charge in [0.15, 0.2) is 0 Å². The van der Waals surface area contributed by atoms with Crippen molar-refractivity contribution in [1.82, 2.24) is 14.5 Å². The molecule has 0 spiro atoms. The van der Waals surface area contributed by atoms with Crippen molar-refractivity contribution in [3.05, 3.63) is 59.7 Å². The highest BCUT2D eigenvalue weighted by atomic mass is 32.2. The van der Waals surface area contributed by atoms with Crippen molar-refractivity contribution in [2.45, 2.75) is 50.1 Å². The first-order valence-electron chi connectivity index (χ1n) is 12.2. The lowest BCUT2D eigenvalue weighted by molar-refractivity contribution is -0.126. The fraction of sp³-hybridized carbons (Fsp3) is 0.500. The number of methoxy groups -OCH3 is 1. The zero-order valence-electron chi connectivity index (χ0n) is 19.9.